The van der Waals surface area contributed by atoms with E-state index in [4.69, 9.17) is 16.3 Å². The molecule has 0 bridgehead atoms. The lowest BCUT2D eigenvalue weighted by molar-refractivity contribution is -0.122. The van der Waals surface area contributed by atoms with E-state index in [1.54, 1.807) is 0 Å². The molecule has 2 aromatic rings. The molecular weight excluding hydrogens is 397 g/mol. The largest absolute Gasteiger partial charge is 0.484 e. The minimum Gasteiger partial charge on any atom is -0.484 e. The maximum absolute atomic E-state index is 13.3. The number of carbonyl (C=O) groups is 2. The molecule has 2 N–H and O–H groups in total. The Hall–Kier alpha value is -3.00. The lowest BCUT2D eigenvalue weighted by Crippen LogP contribution is -2.31. The summed E-state index contributed by atoms with van der Waals surface area (Å²) in [5.74, 6) is -3.80. The molecule has 0 heterocycles. The van der Waals surface area contributed by atoms with E-state index >= 15 is 0 Å². The number of nitrogens with one attached hydrogen (secondary N) is 2. The lowest BCUT2D eigenvalue weighted by atomic mass is 10.2. The SMILES string of the molecule is C=C(CCNC(=O)c1ccc(F)c(F)c1)NC(=O)COc1ccc(Cl)c(F)c1. The lowest BCUT2D eigenvalue weighted by Gasteiger charge is -2.11. The Labute approximate surface area is 164 Å². The van der Waals surface area contributed by atoms with Crippen LogP contribution in [0.1, 0.15) is 16.8 Å². The maximum atomic E-state index is 13.3. The van der Waals surface area contributed by atoms with Gasteiger partial charge in [-0.15, -0.1) is 0 Å². The first-order valence-corrected chi connectivity index (χ1v) is 8.43. The van der Waals surface area contributed by atoms with Crippen LogP contribution >= 0.6 is 11.6 Å². The van der Waals surface area contributed by atoms with Crippen LogP contribution in [0.2, 0.25) is 5.02 Å². The predicted octanol–water partition coefficient (Wildman–Crippen LogP) is 3.59. The van der Waals surface area contributed by atoms with Crippen molar-refractivity contribution in [2.45, 2.75) is 6.42 Å². The number of hydrogen-bond donors (Lipinski definition) is 2. The Morgan fingerprint density at radius 3 is 2.46 bits per heavy atom. The van der Waals surface area contributed by atoms with Crippen molar-refractivity contribution in [2.75, 3.05) is 13.2 Å². The zero-order valence-corrected chi connectivity index (χ0v) is 15.3. The van der Waals surface area contributed by atoms with Gasteiger partial charge in [-0.3, -0.25) is 9.59 Å². The van der Waals surface area contributed by atoms with Gasteiger partial charge in [0.15, 0.2) is 18.2 Å². The Balaban J connectivity index is 1.71. The molecule has 2 rings (SSSR count). The third-order valence-electron chi connectivity index (χ3n) is 3.47. The molecule has 28 heavy (non-hydrogen) atoms. The quantitative estimate of drug-likeness (QED) is 0.696. The minimum atomic E-state index is -1.12. The fourth-order valence-electron chi connectivity index (χ4n) is 2.08. The van der Waals surface area contributed by atoms with E-state index in [1.807, 2.05) is 0 Å². The Morgan fingerprint density at radius 1 is 1.04 bits per heavy atom. The molecule has 0 spiro atoms. The van der Waals surface area contributed by atoms with E-state index in [0.717, 1.165) is 24.3 Å². The van der Waals surface area contributed by atoms with Gasteiger partial charge in [-0.1, -0.05) is 18.2 Å². The van der Waals surface area contributed by atoms with Crippen LogP contribution in [0.25, 0.3) is 0 Å². The topological polar surface area (TPSA) is 67.4 Å². The highest BCUT2D eigenvalue weighted by molar-refractivity contribution is 6.30. The molecule has 2 amide bonds. The molecule has 0 aromatic heterocycles. The van der Waals surface area contributed by atoms with Crippen molar-refractivity contribution >= 4 is 23.4 Å². The van der Waals surface area contributed by atoms with E-state index in [1.165, 1.54) is 12.1 Å². The Bertz CT molecular complexity index is 906. The first-order valence-electron chi connectivity index (χ1n) is 8.05. The summed E-state index contributed by atoms with van der Waals surface area (Å²) in [5.41, 5.74) is 0.276. The van der Waals surface area contributed by atoms with Crippen LogP contribution in [0.3, 0.4) is 0 Å². The second-order valence-corrected chi connectivity index (χ2v) is 6.06. The Kier molecular flexibility index (Phi) is 7.45. The summed E-state index contributed by atoms with van der Waals surface area (Å²) in [4.78, 5) is 23.6. The van der Waals surface area contributed by atoms with Crippen molar-refractivity contribution < 1.29 is 27.5 Å². The van der Waals surface area contributed by atoms with Gasteiger partial charge in [0.1, 0.15) is 11.6 Å². The monoisotopic (exact) mass is 412 g/mol. The molecule has 0 aliphatic rings. The van der Waals surface area contributed by atoms with Crippen LogP contribution < -0.4 is 15.4 Å². The van der Waals surface area contributed by atoms with Crippen molar-refractivity contribution in [1.29, 1.82) is 0 Å². The number of ether oxygens (including phenoxy) is 1. The van der Waals surface area contributed by atoms with E-state index in [2.05, 4.69) is 17.2 Å². The van der Waals surface area contributed by atoms with Gasteiger partial charge in [0.25, 0.3) is 11.8 Å². The smallest absolute Gasteiger partial charge is 0.262 e. The van der Waals surface area contributed by atoms with Crippen LogP contribution in [0.5, 0.6) is 5.75 Å². The number of halogens is 4. The highest BCUT2D eigenvalue weighted by atomic mass is 35.5. The van der Waals surface area contributed by atoms with Gasteiger partial charge in [0.2, 0.25) is 0 Å². The Morgan fingerprint density at radius 2 is 1.79 bits per heavy atom. The fraction of sp³-hybridized carbons (Fsp3) is 0.158. The minimum absolute atomic E-state index is 0.0304. The summed E-state index contributed by atoms with van der Waals surface area (Å²) < 4.78 is 44.4. The second-order valence-electron chi connectivity index (χ2n) is 5.65. The third-order valence-corrected chi connectivity index (χ3v) is 3.78. The van der Waals surface area contributed by atoms with Crippen LogP contribution in [0.4, 0.5) is 13.2 Å². The zero-order valence-electron chi connectivity index (χ0n) is 14.5. The molecule has 2 aromatic carbocycles. The highest BCUT2D eigenvalue weighted by Gasteiger charge is 2.10. The highest BCUT2D eigenvalue weighted by Crippen LogP contribution is 2.20. The average molecular weight is 413 g/mol. The third kappa shape index (κ3) is 6.31. The van der Waals surface area contributed by atoms with Gasteiger partial charge in [-0.25, -0.2) is 13.2 Å². The molecule has 0 atom stereocenters. The molecule has 0 radical (unpaired) electrons. The van der Waals surface area contributed by atoms with Crippen molar-refractivity contribution in [1.82, 2.24) is 10.6 Å². The number of amides is 2. The fourth-order valence-corrected chi connectivity index (χ4v) is 2.20. The molecule has 0 saturated carbocycles. The van der Waals surface area contributed by atoms with Gasteiger partial charge in [-0.2, -0.15) is 0 Å². The summed E-state index contributed by atoms with van der Waals surface area (Å²) in [6.07, 6.45) is 0.205. The maximum Gasteiger partial charge on any atom is 0.262 e. The molecule has 5 nitrogen and oxygen atoms in total. The van der Waals surface area contributed by atoms with Gasteiger partial charge >= 0.3 is 0 Å². The van der Waals surface area contributed by atoms with Crippen molar-refractivity contribution in [3.8, 4) is 5.75 Å². The van der Waals surface area contributed by atoms with E-state index < -0.39 is 29.3 Å². The van der Waals surface area contributed by atoms with Crippen molar-refractivity contribution in [3.05, 3.63) is 76.7 Å². The van der Waals surface area contributed by atoms with Crippen LogP contribution in [0.15, 0.2) is 48.7 Å². The van der Waals surface area contributed by atoms with Gasteiger partial charge in [0.05, 0.1) is 5.02 Å². The van der Waals surface area contributed by atoms with Crippen LogP contribution in [-0.4, -0.2) is 25.0 Å². The van der Waals surface area contributed by atoms with E-state index in [0.29, 0.717) is 5.70 Å². The molecular formula is C19H16ClF3N2O3. The van der Waals surface area contributed by atoms with Crippen molar-refractivity contribution in [2.24, 2.45) is 0 Å². The number of hydrogen-bond acceptors (Lipinski definition) is 3. The summed E-state index contributed by atoms with van der Waals surface area (Å²) >= 11 is 5.55. The molecule has 9 heteroatoms. The molecule has 148 valence electrons. The molecule has 0 fully saturated rings. The molecule has 0 unspecified atom stereocenters. The standard InChI is InChI=1S/C19H16ClF3N2O3/c1-11(6-7-24-19(27)12-2-5-15(21)17(23)8-12)25-18(26)10-28-13-3-4-14(20)16(22)9-13/h2-5,8-9H,1,6-7,10H2,(H,24,27)(H,25,26). The van der Waals surface area contributed by atoms with Crippen LogP contribution in [-0.2, 0) is 4.79 Å². The number of rotatable bonds is 8. The van der Waals surface area contributed by atoms with Gasteiger partial charge in [0, 0.05) is 30.3 Å². The number of carbonyl (C=O) groups excluding carboxylic acids is 2. The number of benzene rings is 2. The van der Waals surface area contributed by atoms with Gasteiger partial charge in [-0.05, 0) is 30.3 Å². The second kappa shape index (κ2) is 9.80. The zero-order chi connectivity index (χ0) is 20.7. The summed E-state index contributed by atoms with van der Waals surface area (Å²) in [5, 5.41) is 4.90. The molecule has 0 aliphatic carbocycles. The summed E-state index contributed by atoms with van der Waals surface area (Å²) in [6.45, 7) is 3.38. The molecule has 0 saturated heterocycles. The first-order chi connectivity index (χ1) is 13.3. The summed E-state index contributed by atoms with van der Waals surface area (Å²) in [6, 6.07) is 6.58. The average Bonchev–Trinajstić information content (AvgIpc) is 2.64. The normalized spacial score (nSPS) is 10.3. The predicted molar refractivity (Wildman–Crippen MR) is 97.5 cm³/mol. The summed E-state index contributed by atoms with van der Waals surface area (Å²) in [7, 11) is 0. The molecule has 0 aliphatic heterocycles. The van der Waals surface area contributed by atoms with Crippen molar-refractivity contribution in [3.63, 3.8) is 0 Å². The first kappa shape index (κ1) is 21.3. The van der Waals surface area contributed by atoms with E-state index in [9.17, 15) is 22.8 Å². The van der Waals surface area contributed by atoms with E-state index in [-0.39, 0.29) is 35.9 Å². The van der Waals surface area contributed by atoms with Gasteiger partial charge < -0.3 is 15.4 Å². The van der Waals surface area contributed by atoms with Crippen LogP contribution in [0, 0.1) is 17.5 Å².